The zero-order valence-electron chi connectivity index (χ0n) is 11.4. The highest BCUT2D eigenvalue weighted by Crippen LogP contribution is 2.29. The number of amides is 1. The number of aliphatic carboxylic acids is 1. The number of carboxylic acids is 1. The van der Waals surface area contributed by atoms with E-state index >= 15 is 0 Å². The van der Waals surface area contributed by atoms with Gasteiger partial charge in [-0.1, -0.05) is 11.6 Å². The summed E-state index contributed by atoms with van der Waals surface area (Å²) in [5, 5.41) is 9.68. The number of carbonyl (C=O) groups excluding carboxylic acids is 1. The number of benzene rings is 1. The van der Waals surface area contributed by atoms with Gasteiger partial charge in [-0.05, 0) is 53.9 Å². The largest absolute Gasteiger partial charge is 0.480 e. The van der Waals surface area contributed by atoms with Crippen molar-refractivity contribution in [2.45, 2.75) is 31.9 Å². The zero-order valence-corrected chi connectivity index (χ0v) is 13.7. The Morgan fingerprint density at radius 1 is 1.52 bits per heavy atom. The number of ether oxygens (including phenoxy) is 1. The zero-order chi connectivity index (χ0) is 15.6. The molecular weight excluding hydrogens is 362 g/mol. The van der Waals surface area contributed by atoms with Gasteiger partial charge in [-0.25, -0.2) is 4.79 Å². The Hall–Kier alpha value is -1.27. The fourth-order valence-corrected chi connectivity index (χ4v) is 3.11. The van der Waals surface area contributed by atoms with Crippen LogP contribution in [-0.2, 0) is 9.59 Å². The van der Waals surface area contributed by atoms with Gasteiger partial charge in [-0.15, -0.1) is 0 Å². The molecule has 0 saturated carbocycles. The van der Waals surface area contributed by atoms with E-state index in [1.165, 1.54) is 4.90 Å². The molecule has 0 spiro atoms. The van der Waals surface area contributed by atoms with Gasteiger partial charge >= 0.3 is 5.97 Å². The number of likely N-dealkylation sites (tertiary alicyclic amines) is 1. The van der Waals surface area contributed by atoms with Gasteiger partial charge in [0.25, 0.3) is 5.91 Å². The third-order valence-corrected chi connectivity index (χ3v) is 4.22. The molecule has 0 aliphatic carbocycles. The summed E-state index contributed by atoms with van der Waals surface area (Å²) in [7, 11) is 0. The van der Waals surface area contributed by atoms with Gasteiger partial charge in [0, 0.05) is 11.6 Å². The minimum absolute atomic E-state index is 0.318. The summed E-state index contributed by atoms with van der Waals surface area (Å²) in [6.45, 7) is 2.06. The summed E-state index contributed by atoms with van der Waals surface area (Å²) in [5.74, 6) is -0.797. The van der Waals surface area contributed by atoms with Crippen LogP contribution in [0, 0.1) is 0 Å². The van der Waals surface area contributed by atoms with E-state index in [-0.39, 0.29) is 5.91 Å². The SMILES string of the molecule is CC(Oc1ccc(Cl)cc1Br)C(=O)N1CCCC1C(=O)O. The second-order valence-electron chi connectivity index (χ2n) is 4.86. The number of nitrogens with zero attached hydrogens (tertiary/aromatic N) is 1. The molecule has 2 unspecified atom stereocenters. The van der Waals surface area contributed by atoms with E-state index in [4.69, 9.17) is 21.4 Å². The highest BCUT2D eigenvalue weighted by atomic mass is 79.9. The lowest BCUT2D eigenvalue weighted by atomic mass is 10.2. The van der Waals surface area contributed by atoms with Crippen molar-refractivity contribution in [3.05, 3.63) is 27.7 Å². The molecule has 1 amide bonds. The average Bonchev–Trinajstić information content (AvgIpc) is 2.90. The number of hydrogen-bond donors (Lipinski definition) is 1. The number of carboxylic acid groups (broad SMARTS) is 1. The maximum Gasteiger partial charge on any atom is 0.326 e. The number of halogens is 2. The molecule has 1 saturated heterocycles. The molecule has 1 aromatic carbocycles. The van der Waals surface area contributed by atoms with Crippen molar-refractivity contribution in [3.63, 3.8) is 0 Å². The van der Waals surface area contributed by atoms with Gasteiger partial charge in [-0.2, -0.15) is 0 Å². The van der Waals surface area contributed by atoms with Crippen molar-refractivity contribution in [1.82, 2.24) is 4.90 Å². The fraction of sp³-hybridized carbons (Fsp3) is 0.429. The molecule has 0 bridgehead atoms. The minimum atomic E-state index is -0.972. The molecule has 0 radical (unpaired) electrons. The third-order valence-electron chi connectivity index (χ3n) is 3.37. The van der Waals surface area contributed by atoms with Crippen molar-refractivity contribution in [2.24, 2.45) is 0 Å². The predicted octanol–water partition coefficient (Wildman–Crippen LogP) is 2.95. The van der Waals surface area contributed by atoms with E-state index in [1.54, 1.807) is 25.1 Å². The van der Waals surface area contributed by atoms with Crippen molar-refractivity contribution in [3.8, 4) is 5.75 Å². The molecule has 114 valence electrons. The molecule has 1 heterocycles. The van der Waals surface area contributed by atoms with Crippen molar-refractivity contribution in [1.29, 1.82) is 0 Å². The Morgan fingerprint density at radius 2 is 2.24 bits per heavy atom. The second-order valence-corrected chi connectivity index (χ2v) is 6.15. The Morgan fingerprint density at radius 3 is 2.86 bits per heavy atom. The Balaban J connectivity index is 2.07. The number of rotatable bonds is 4. The molecule has 1 N–H and O–H groups in total. The lowest BCUT2D eigenvalue weighted by Crippen LogP contribution is -2.46. The van der Waals surface area contributed by atoms with Crippen LogP contribution in [0.2, 0.25) is 5.02 Å². The van der Waals surface area contributed by atoms with Crippen LogP contribution in [0.4, 0.5) is 0 Å². The summed E-state index contributed by atoms with van der Waals surface area (Å²) in [4.78, 5) is 24.8. The fourth-order valence-electron chi connectivity index (χ4n) is 2.33. The highest BCUT2D eigenvalue weighted by molar-refractivity contribution is 9.10. The van der Waals surface area contributed by atoms with Gasteiger partial charge in [0.05, 0.1) is 4.47 Å². The normalized spacial score (nSPS) is 19.4. The number of hydrogen-bond acceptors (Lipinski definition) is 3. The van der Waals surface area contributed by atoms with E-state index in [2.05, 4.69) is 15.9 Å². The first-order valence-electron chi connectivity index (χ1n) is 6.55. The van der Waals surface area contributed by atoms with E-state index < -0.39 is 18.1 Å². The standard InChI is InChI=1S/C14H15BrClNO4/c1-8(21-12-5-4-9(16)7-10(12)15)13(18)17-6-2-3-11(17)14(19)20/h4-5,7-8,11H,2-3,6H2,1H3,(H,19,20). The van der Waals surface area contributed by atoms with E-state index in [9.17, 15) is 9.59 Å². The summed E-state index contributed by atoms with van der Waals surface area (Å²) < 4.78 is 6.26. The Labute approximate surface area is 136 Å². The number of carbonyl (C=O) groups is 2. The van der Waals surface area contributed by atoms with Gasteiger partial charge < -0.3 is 14.7 Å². The van der Waals surface area contributed by atoms with Crippen LogP contribution in [0.15, 0.2) is 22.7 Å². The molecule has 2 rings (SSSR count). The molecule has 5 nitrogen and oxygen atoms in total. The van der Waals surface area contributed by atoms with Crippen LogP contribution in [0.5, 0.6) is 5.75 Å². The van der Waals surface area contributed by atoms with Gasteiger partial charge in [0.1, 0.15) is 11.8 Å². The van der Waals surface area contributed by atoms with Crippen LogP contribution < -0.4 is 4.74 Å². The lowest BCUT2D eigenvalue weighted by Gasteiger charge is -2.25. The maximum atomic E-state index is 12.3. The van der Waals surface area contributed by atoms with Gasteiger partial charge in [0.15, 0.2) is 6.10 Å². The van der Waals surface area contributed by atoms with Gasteiger partial charge in [-0.3, -0.25) is 4.79 Å². The van der Waals surface area contributed by atoms with Crippen LogP contribution in [0.25, 0.3) is 0 Å². The van der Waals surface area contributed by atoms with Crippen molar-refractivity contribution >= 4 is 39.4 Å². The molecule has 0 aromatic heterocycles. The molecule has 21 heavy (non-hydrogen) atoms. The maximum absolute atomic E-state index is 12.3. The summed E-state index contributed by atoms with van der Waals surface area (Å²) in [6.07, 6.45) is 0.417. The highest BCUT2D eigenvalue weighted by Gasteiger charge is 2.36. The van der Waals surface area contributed by atoms with Crippen LogP contribution in [0.1, 0.15) is 19.8 Å². The molecule has 1 fully saturated rings. The Kier molecular flexibility index (Phi) is 5.11. The molecule has 2 atom stereocenters. The van der Waals surface area contributed by atoms with Gasteiger partial charge in [0.2, 0.25) is 0 Å². The predicted molar refractivity (Wildman–Crippen MR) is 81.6 cm³/mol. The monoisotopic (exact) mass is 375 g/mol. The van der Waals surface area contributed by atoms with E-state index in [1.807, 2.05) is 0 Å². The molecular formula is C14H15BrClNO4. The van der Waals surface area contributed by atoms with E-state index in [0.717, 1.165) is 0 Å². The summed E-state index contributed by atoms with van der Waals surface area (Å²) in [6, 6.07) is 4.24. The first-order valence-corrected chi connectivity index (χ1v) is 7.72. The molecule has 7 heteroatoms. The topological polar surface area (TPSA) is 66.8 Å². The van der Waals surface area contributed by atoms with Crippen molar-refractivity contribution in [2.75, 3.05) is 6.54 Å². The van der Waals surface area contributed by atoms with E-state index in [0.29, 0.717) is 34.6 Å². The average molecular weight is 377 g/mol. The van der Waals surface area contributed by atoms with Crippen LogP contribution >= 0.6 is 27.5 Å². The van der Waals surface area contributed by atoms with Crippen molar-refractivity contribution < 1.29 is 19.4 Å². The third kappa shape index (κ3) is 3.68. The smallest absolute Gasteiger partial charge is 0.326 e. The molecule has 1 aromatic rings. The quantitative estimate of drug-likeness (QED) is 0.877. The first kappa shape index (κ1) is 16.1. The molecule has 1 aliphatic heterocycles. The minimum Gasteiger partial charge on any atom is -0.480 e. The summed E-state index contributed by atoms with van der Waals surface area (Å²) >= 11 is 9.16. The second kappa shape index (κ2) is 6.66. The first-order chi connectivity index (χ1) is 9.90. The van der Waals surface area contributed by atoms with Crippen LogP contribution in [0.3, 0.4) is 0 Å². The Bertz CT molecular complexity index is 566. The van der Waals surface area contributed by atoms with Crippen LogP contribution in [-0.4, -0.2) is 40.6 Å². The molecule has 1 aliphatic rings. The summed E-state index contributed by atoms with van der Waals surface area (Å²) in [5.41, 5.74) is 0. The lowest BCUT2D eigenvalue weighted by molar-refractivity contribution is -0.150.